The van der Waals surface area contributed by atoms with Gasteiger partial charge in [0.1, 0.15) is 0 Å². The van der Waals surface area contributed by atoms with Crippen LogP contribution in [0, 0.1) is 23.7 Å². The van der Waals surface area contributed by atoms with E-state index in [4.69, 9.17) is 0 Å². The van der Waals surface area contributed by atoms with E-state index in [0.29, 0.717) is 0 Å². The third kappa shape index (κ3) is 7.00. The molecule has 0 heterocycles. The molecule has 0 amide bonds. The summed E-state index contributed by atoms with van der Waals surface area (Å²) in [5.41, 5.74) is 1.80. The van der Waals surface area contributed by atoms with Crippen LogP contribution in [0.4, 0.5) is 0 Å². The summed E-state index contributed by atoms with van der Waals surface area (Å²) in [6.07, 6.45) is 5.24. The second-order valence-corrected chi connectivity index (χ2v) is 23.2. The highest BCUT2D eigenvalue weighted by Crippen LogP contribution is 2.56. The number of hydrogen-bond donors (Lipinski definition) is 0. The van der Waals surface area contributed by atoms with Crippen LogP contribution < -0.4 is 31.8 Å². The number of carbonyl (C=O) groups is 2. The van der Waals surface area contributed by atoms with Crippen LogP contribution in [0.15, 0.2) is 255 Å². The lowest BCUT2D eigenvalue weighted by Gasteiger charge is -2.37. The Kier molecular flexibility index (Phi) is 11.4. The van der Waals surface area contributed by atoms with E-state index in [1.54, 1.807) is 0 Å². The van der Waals surface area contributed by atoms with Gasteiger partial charge in [-0.1, -0.05) is 255 Å². The first-order valence-corrected chi connectivity index (χ1v) is 25.5. The van der Waals surface area contributed by atoms with Crippen molar-refractivity contribution < 1.29 is 9.59 Å². The number of hydrogen-bond acceptors (Lipinski definition) is 2. The third-order valence-electron chi connectivity index (χ3n) is 13.2. The van der Waals surface area contributed by atoms with Crippen LogP contribution in [0.25, 0.3) is 0 Å². The Balaban J connectivity index is 1.32. The Morgan fingerprint density at radius 3 is 0.730 bits per heavy atom. The molecule has 306 valence electrons. The maximum absolute atomic E-state index is 16.8. The van der Waals surface area contributed by atoms with Gasteiger partial charge < -0.3 is 0 Å². The average Bonchev–Trinajstić information content (AvgIpc) is 4.00. The predicted octanol–water partition coefficient (Wildman–Crippen LogP) is 9.99. The first-order valence-electron chi connectivity index (χ1n) is 21.9. The van der Waals surface area contributed by atoms with Crippen molar-refractivity contribution in [1.82, 2.24) is 0 Å². The summed E-state index contributed by atoms with van der Waals surface area (Å²) in [5.74, 6) is -1.21. The highest BCUT2D eigenvalue weighted by Gasteiger charge is 2.54. The minimum absolute atomic E-state index is 0.0665. The molecule has 8 aromatic rings. The fraction of sp³-hybridized carbons (Fsp3) is 0.0847. The number of fused-ring (bicyclic) bond motifs is 2. The molecule has 10 rings (SSSR count). The molecular weight excluding hydrogens is 803 g/mol. The van der Waals surface area contributed by atoms with Crippen molar-refractivity contribution in [2.24, 2.45) is 23.7 Å². The number of ketones is 2. The van der Waals surface area contributed by atoms with Crippen molar-refractivity contribution in [2.45, 2.75) is 6.42 Å². The van der Waals surface area contributed by atoms with E-state index in [9.17, 15) is 0 Å². The SMILES string of the molecule is O=C(C(c1ccccc1)=P(c1ccccc1)(c1ccccc1)c1ccccc1)C1C2C=CC(C2)C1C(=O)C(c1ccccc1)=P(c1ccccc1)(c1ccccc1)c1ccccc1. The molecule has 0 aromatic heterocycles. The Morgan fingerprint density at radius 1 is 0.302 bits per heavy atom. The van der Waals surface area contributed by atoms with Crippen molar-refractivity contribution in [2.75, 3.05) is 0 Å². The highest BCUT2D eigenvalue weighted by molar-refractivity contribution is 7.97. The van der Waals surface area contributed by atoms with Gasteiger partial charge in [0.2, 0.25) is 0 Å². The van der Waals surface area contributed by atoms with Crippen LogP contribution >= 0.6 is 13.8 Å². The molecule has 2 bridgehead atoms. The molecule has 1 saturated carbocycles. The van der Waals surface area contributed by atoms with Crippen LogP contribution in [0.5, 0.6) is 0 Å². The van der Waals surface area contributed by atoms with Crippen molar-refractivity contribution in [3.8, 4) is 0 Å². The van der Waals surface area contributed by atoms with Gasteiger partial charge in [-0.05, 0) is 75.0 Å². The molecule has 4 atom stereocenters. The summed E-state index contributed by atoms with van der Waals surface area (Å²) < 4.78 is 0. The van der Waals surface area contributed by atoms with Gasteiger partial charge in [0.25, 0.3) is 0 Å². The van der Waals surface area contributed by atoms with Crippen molar-refractivity contribution >= 4 is 67.8 Å². The quantitative estimate of drug-likeness (QED) is 0.0907. The van der Waals surface area contributed by atoms with Gasteiger partial charge >= 0.3 is 0 Å². The van der Waals surface area contributed by atoms with Gasteiger partial charge in [-0.2, -0.15) is 0 Å². The molecule has 1 fully saturated rings. The lowest BCUT2D eigenvalue weighted by atomic mass is 9.75. The lowest BCUT2D eigenvalue weighted by molar-refractivity contribution is -0.125. The number of Topliss-reactive ketones (excluding diaryl/α,β-unsaturated/α-hetero) is 2. The zero-order chi connectivity index (χ0) is 42.6. The summed E-state index contributed by atoms with van der Waals surface area (Å²) in [5, 5.41) is 8.23. The zero-order valence-corrected chi connectivity index (χ0v) is 36.8. The highest BCUT2D eigenvalue weighted by atomic mass is 31.2. The summed E-state index contributed by atoms with van der Waals surface area (Å²) in [4.78, 5) is 33.7. The maximum Gasteiger partial charge on any atom is 0.168 e. The Morgan fingerprint density at radius 2 is 0.508 bits per heavy atom. The molecule has 4 unspecified atom stereocenters. The van der Waals surface area contributed by atoms with E-state index in [-0.39, 0.29) is 23.4 Å². The summed E-state index contributed by atoms with van der Waals surface area (Å²) >= 11 is 0. The normalized spacial score (nSPS) is 17.8. The van der Waals surface area contributed by atoms with Crippen LogP contribution in [0.3, 0.4) is 0 Å². The number of benzene rings is 8. The van der Waals surface area contributed by atoms with Gasteiger partial charge in [0.15, 0.2) is 11.6 Å². The van der Waals surface area contributed by atoms with Gasteiger partial charge in [-0.3, -0.25) is 9.59 Å². The van der Waals surface area contributed by atoms with Crippen LogP contribution in [-0.4, -0.2) is 22.2 Å². The Bertz CT molecular complexity index is 2590. The average molecular weight is 851 g/mol. The van der Waals surface area contributed by atoms with Gasteiger partial charge in [-0.25, -0.2) is 0 Å². The van der Waals surface area contributed by atoms with E-state index in [0.717, 1.165) is 60.0 Å². The molecular formula is C59H48O2P2. The molecule has 4 heteroatoms. The van der Waals surface area contributed by atoms with Crippen molar-refractivity contribution in [3.05, 3.63) is 266 Å². The van der Waals surface area contributed by atoms with E-state index in [1.165, 1.54) is 0 Å². The second-order valence-electron chi connectivity index (χ2n) is 16.5. The first kappa shape index (κ1) is 40.5. The Hall–Kier alpha value is -6.56. The second kappa shape index (κ2) is 17.7. The number of carbonyl (C=O) groups excluding carboxylic acids is 2. The molecule has 2 aliphatic rings. The van der Waals surface area contributed by atoms with Crippen LogP contribution in [0.1, 0.15) is 17.5 Å². The van der Waals surface area contributed by atoms with E-state index < -0.39 is 25.6 Å². The monoisotopic (exact) mass is 850 g/mol. The molecule has 8 aromatic carbocycles. The molecule has 0 aliphatic heterocycles. The largest absolute Gasteiger partial charge is 0.294 e. The Labute approximate surface area is 371 Å². The number of allylic oxidation sites excluding steroid dienone is 2. The fourth-order valence-electron chi connectivity index (χ4n) is 10.6. The minimum atomic E-state index is -2.90. The molecule has 0 saturated heterocycles. The van der Waals surface area contributed by atoms with Crippen LogP contribution in [0.2, 0.25) is 0 Å². The summed E-state index contributed by atoms with van der Waals surface area (Å²) in [6, 6.07) is 84.5. The van der Waals surface area contributed by atoms with Gasteiger partial charge in [0, 0.05) is 22.4 Å². The van der Waals surface area contributed by atoms with Crippen LogP contribution in [-0.2, 0) is 9.59 Å². The fourth-order valence-corrected chi connectivity index (χ4v) is 19.7. The lowest BCUT2D eigenvalue weighted by Crippen LogP contribution is -2.44. The molecule has 63 heavy (non-hydrogen) atoms. The molecule has 0 N–H and O–H groups in total. The van der Waals surface area contributed by atoms with Gasteiger partial charge in [-0.15, -0.1) is 0 Å². The van der Waals surface area contributed by atoms with E-state index in [1.807, 2.05) is 36.4 Å². The van der Waals surface area contributed by atoms with E-state index in [2.05, 4.69) is 218 Å². The first-order chi connectivity index (χ1) is 31.1. The molecule has 2 nitrogen and oxygen atoms in total. The summed E-state index contributed by atoms with van der Waals surface area (Å²) in [7, 11) is 0. The molecule has 0 radical (unpaired) electrons. The standard InChI is InChI=1S/C59H48O2P2/c60-56(58(44-25-9-1-10-26-44)62(48-29-13-3-14-30-48,49-31-15-4-16-32-49)50-33-17-5-18-34-50)54-46-41-42-47(43-46)55(54)57(61)59(45-27-11-2-12-28-45)63(51-35-19-6-20-36-51,52-37-21-7-22-38-52)53-39-23-8-24-40-53/h1-42,46-47,54-55H,43H2. The summed E-state index contributed by atoms with van der Waals surface area (Å²) in [6.45, 7) is -5.80. The topological polar surface area (TPSA) is 34.1 Å². The van der Waals surface area contributed by atoms with E-state index >= 15 is 9.59 Å². The maximum atomic E-state index is 16.8. The van der Waals surface area contributed by atoms with Gasteiger partial charge in [0.05, 0.1) is 0 Å². The molecule has 2 aliphatic carbocycles. The van der Waals surface area contributed by atoms with Crippen molar-refractivity contribution in [1.29, 1.82) is 0 Å². The smallest absolute Gasteiger partial charge is 0.168 e. The molecule has 0 spiro atoms. The zero-order valence-electron chi connectivity index (χ0n) is 35.0. The predicted molar refractivity (Wildman–Crippen MR) is 269 cm³/mol. The number of rotatable bonds is 12. The third-order valence-corrected chi connectivity index (χ3v) is 21.9. The van der Waals surface area contributed by atoms with Crippen molar-refractivity contribution in [3.63, 3.8) is 0 Å². The minimum Gasteiger partial charge on any atom is -0.294 e.